The Morgan fingerprint density at radius 3 is 2.15 bits per heavy atom. The number of hydrogen-bond donors (Lipinski definition) is 1. The van der Waals surface area contributed by atoms with E-state index in [4.69, 9.17) is 4.78 Å². The van der Waals surface area contributed by atoms with Crippen molar-refractivity contribution >= 4 is 22.3 Å². The standard InChI is InChI=1S/C8H16N2OS.ClH/c1-12(9,11)10-5-7-3-2-4-8(7)6-10;/h7-9H,2-6H2,1H3;1H. The average Bonchev–Trinajstić information content (AvgIpc) is 2.37. The number of nitrogens with one attached hydrogen (secondary N) is 1. The number of halogens is 1. The van der Waals surface area contributed by atoms with Gasteiger partial charge >= 0.3 is 0 Å². The van der Waals surface area contributed by atoms with E-state index in [-0.39, 0.29) is 12.4 Å². The first-order valence-electron chi connectivity index (χ1n) is 4.56. The van der Waals surface area contributed by atoms with Crippen LogP contribution in [0.5, 0.6) is 0 Å². The molecule has 78 valence electrons. The molecular formula is C8H17ClN2OS. The molecule has 5 heteroatoms. The van der Waals surface area contributed by atoms with Gasteiger partial charge in [0, 0.05) is 19.3 Å². The molecule has 2 fully saturated rings. The average molecular weight is 225 g/mol. The Bertz CT molecular complexity index is 266. The lowest BCUT2D eigenvalue weighted by Gasteiger charge is -2.15. The van der Waals surface area contributed by atoms with E-state index in [0.29, 0.717) is 0 Å². The van der Waals surface area contributed by atoms with Gasteiger partial charge < -0.3 is 0 Å². The molecule has 3 atom stereocenters. The first-order valence-corrected chi connectivity index (χ1v) is 6.48. The summed E-state index contributed by atoms with van der Waals surface area (Å²) in [6, 6.07) is 0. The van der Waals surface area contributed by atoms with Crippen molar-refractivity contribution in [2.75, 3.05) is 19.3 Å². The third kappa shape index (κ3) is 2.17. The van der Waals surface area contributed by atoms with Crippen molar-refractivity contribution in [3.8, 4) is 0 Å². The molecule has 0 aromatic heterocycles. The Hall–Kier alpha value is 0.200. The molecule has 2 aliphatic rings. The van der Waals surface area contributed by atoms with Crippen LogP contribution in [0.4, 0.5) is 0 Å². The van der Waals surface area contributed by atoms with E-state index >= 15 is 0 Å². The Morgan fingerprint density at radius 1 is 1.31 bits per heavy atom. The van der Waals surface area contributed by atoms with Crippen molar-refractivity contribution in [1.82, 2.24) is 4.31 Å². The highest BCUT2D eigenvalue weighted by Crippen LogP contribution is 2.38. The van der Waals surface area contributed by atoms with Crippen LogP contribution in [0, 0.1) is 16.6 Å². The van der Waals surface area contributed by atoms with E-state index in [9.17, 15) is 4.21 Å². The SMILES string of the molecule is CS(=N)(=O)N1CC2CCCC2C1.Cl. The number of hydrogen-bond acceptors (Lipinski definition) is 2. The van der Waals surface area contributed by atoms with E-state index in [1.807, 2.05) is 4.31 Å². The van der Waals surface area contributed by atoms with E-state index in [2.05, 4.69) is 0 Å². The molecule has 0 radical (unpaired) electrons. The van der Waals surface area contributed by atoms with Crippen LogP contribution >= 0.6 is 12.4 Å². The van der Waals surface area contributed by atoms with Crippen LogP contribution in [0.1, 0.15) is 19.3 Å². The molecule has 1 saturated carbocycles. The van der Waals surface area contributed by atoms with Gasteiger partial charge in [-0.15, -0.1) is 12.4 Å². The van der Waals surface area contributed by atoms with Crippen LogP contribution in [0.2, 0.25) is 0 Å². The lowest BCUT2D eigenvalue weighted by atomic mass is 10.0. The van der Waals surface area contributed by atoms with Crippen molar-refractivity contribution in [3.63, 3.8) is 0 Å². The van der Waals surface area contributed by atoms with Gasteiger partial charge in [0.05, 0.1) is 0 Å². The summed E-state index contributed by atoms with van der Waals surface area (Å²) in [4.78, 5) is 0. The fraction of sp³-hybridized carbons (Fsp3) is 1.00. The maximum atomic E-state index is 11.4. The Balaban J connectivity index is 0.000000845. The van der Waals surface area contributed by atoms with Gasteiger partial charge in [0.25, 0.3) is 0 Å². The molecule has 1 aliphatic heterocycles. The summed E-state index contributed by atoms with van der Waals surface area (Å²) in [5.74, 6) is 1.49. The fourth-order valence-electron chi connectivity index (χ4n) is 2.48. The van der Waals surface area contributed by atoms with Crippen molar-refractivity contribution in [2.24, 2.45) is 11.8 Å². The van der Waals surface area contributed by atoms with Crippen molar-refractivity contribution in [2.45, 2.75) is 19.3 Å². The fourth-order valence-corrected chi connectivity index (χ4v) is 3.43. The Morgan fingerprint density at radius 2 is 1.77 bits per heavy atom. The Kier molecular flexibility index (Phi) is 3.25. The second-order valence-corrected chi connectivity index (χ2v) is 6.22. The highest BCUT2D eigenvalue weighted by Gasteiger charge is 2.38. The smallest absolute Gasteiger partial charge is 0.104 e. The third-order valence-electron chi connectivity index (χ3n) is 3.19. The molecular weight excluding hydrogens is 208 g/mol. The summed E-state index contributed by atoms with van der Waals surface area (Å²) in [6.07, 6.45) is 5.45. The summed E-state index contributed by atoms with van der Waals surface area (Å²) in [5.41, 5.74) is 0. The summed E-state index contributed by atoms with van der Waals surface area (Å²) in [6.45, 7) is 1.81. The first kappa shape index (κ1) is 11.3. The largest absolute Gasteiger partial charge is 0.240 e. The number of fused-ring (bicyclic) bond motifs is 1. The first-order chi connectivity index (χ1) is 5.57. The van der Waals surface area contributed by atoms with Crippen LogP contribution in [-0.4, -0.2) is 27.9 Å². The van der Waals surface area contributed by atoms with Crippen LogP contribution < -0.4 is 0 Å². The zero-order valence-electron chi connectivity index (χ0n) is 7.86. The minimum absolute atomic E-state index is 0. The van der Waals surface area contributed by atoms with E-state index in [1.54, 1.807) is 0 Å². The molecule has 0 spiro atoms. The predicted octanol–water partition coefficient (Wildman–Crippen LogP) is 1.73. The molecule has 0 aromatic carbocycles. The van der Waals surface area contributed by atoms with Crippen molar-refractivity contribution in [1.29, 1.82) is 4.78 Å². The summed E-state index contributed by atoms with van der Waals surface area (Å²) in [5, 5.41) is 0. The lowest BCUT2D eigenvalue weighted by molar-refractivity contribution is 0.481. The minimum atomic E-state index is -2.41. The second kappa shape index (κ2) is 3.75. The molecule has 1 aliphatic carbocycles. The number of nitrogens with zero attached hydrogens (tertiary/aromatic N) is 1. The predicted molar refractivity (Wildman–Crippen MR) is 56.4 cm³/mol. The van der Waals surface area contributed by atoms with E-state index in [0.717, 1.165) is 24.9 Å². The molecule has 0 aromatic rings. The minimum Gasteiger partial charge on any atom is -0.240 e. The molecule has 0 amide bonds. The lowest BCUT2D eigenvalue weighted by Crippen LogP contribution is -2.27. The molecule has 2 rings (SSSR count). The maximum absolute atomic E-state index is 11.4. The van der Waals surface area contributed by atoms with Gasteiger partial charge in [-0.2, -0.15) is 0 Å². The quantitative estimate of drug-likeness (QED) is 0.725. The number of rotatable bonds is 1. The highest BCUT2D eigenvalue weighted by molar-refractivity contribution is 7.89. The molecule has 1 heterocycles. The van der Waals surface area contributed by atoms with Gasteiger partial charge in [-0.25, -0.2) is 13.3 Å². The van der Waals surface area contributed by atoms with Crippen LogP contribution in [0.25, 0.3) is 0 Å². The van der Waals surface area contributed by atoms with Crippen molar-refractivity contribution < 1.29 is 4.21 Å². The van der Waals surface area contributed by atoms with E-state index < -0.39 is 9.92 Å². The molecule has 1 saturated heterocycles. The van der Waals surface area contributed by atoms with Crippen LogP contribution in [-0.2, 0) is 9.92 Å². The van der Waals surface area contributed by atoms with E-state index in [1.165, 1.54) is 25.5 Å². The Labute approximate surface area is 86.4 Å². The van der Waals surface area contributed by atoms with Gasteiger partial charge in [-0.3, -0.25) is 0 Å². The maximum Gasteiger partial charge on any atom is 0.104 e. The molecule has 1 N–H and O–H groups in total. The topological polar surface area (TPSA) is 44.2 Å². The van der Waals surface area contributed by atoms with Gasteiger partial charge in [0.1, 0.15) is 9.92 Å². The molecule has 13 heavy (non-hydrogen) atoms. The molecule has 3 nitrogen and oxygen atoms in total. The summed E-state index contributed by atoms with van der Waals surface area (Å²) >= 11 is 0. The zero-order chi connectivity index (χ0) is 8.77. The molecule has 0 bridgehead atoms. The van der Waals surface area contributed by atoms with Crippen LogP contribution in [0.15, 0.2) is 0 Å². The zero-order valence-corrected chi connectivity index (χ0v) is 9.50. The van der Waals surface area contributed by atoms with Gasteiger partial charge in [-0.1, -0.05) is 6.42 Å². The van der Waals surface area contributed by atoms with Crippen LogP contribution in [0.3, 0.4) is 0 Å². The van der Waals surface area contributed by atoms with Gasteiger partial charge in [-0.05, 0) is 24.7 Å². The highest BCUT2D eigenvalue weighted by atomic mass is 35.5. The normalized spacial score (nSPS) is 37.9. The third-order valence-corrected chi connectivity index (χ3v) is 4.47. The molecule has 3 unspecified atom stereocenters. The van der Waals surface area contributed by atoms with Gasteiger partial charge in [0.15, 0.2) is 0 Å². The monoisotopic (exact) mass is 224 g/mol. The summed E-state index contributed by atoms with van der Waals surface area (Å²) < 4.78 is 20.7. The summed E-state index contributed by atoms with van der Waals surface area (Å²) in [7, 11) is -2.41. The van der Waals surface area contributed by atoms with Gasteiger partial charge in [0.2, 0.25) is 0 Å². The second-order valence-electron chi connectivity index (χ2n) is 4.10. The van der Waals surface area contributed by atoms with Crippen molar-refractivity contribution in [3.05, 3.63) is 0 Å².